The van der Waals surface area contributed by atoms with Crippen LogP contribution >= 0.6 is 11.6 Å². The van der Waals surface area contributed by atoms with E-state index >= 15 is 0 Å². The van der Waals surface area contributed by atoms with Gasteiger partial charge in [0, 0.05) is 35.4 Å². The summed E-state index contributed by atoms with van der Waals surface area (Å²) >= 11 is 6.01. The number of likely N-dealkylation sites (tertiary alicyclic amines) is 1. The van der Waals surface area contributed by atoms with E-state index in [1.54, 1.807) is 36.4 Å². The van der Waals surface area contributed by atoms with Crippen LogP contribution < -0.4 is 26.4 Å². The number of alkyl halides is 3. The van der Waals surface area contributed by atoms with E-state index in [1.165, 1.54) is 4.90 Å². The minimum absolute atomic E-state index is 0.000976. The molecule has 3 aromatic rings. The van der Waals surface area contributed by atoms with Crippen LogP contribution in [0.2, 0.25) is 5.02 Å². The number of hydrogen-bond donors (Lipinski definition) is 5. The molecule has 2 atom stereocenters. The van der Waals surface area contributed by atoms with Gasteiger partial charge in [0.25, 0.3) is 0 Å². The number of nitrogens with zero attached hydrogens (tertiary/aromatic N) is 4. The zero-order valence-electron chi connectivity index (χ0n) is 24.2. The first-order valence-electron chi connectivity index (χ1n) is 14.3. The summed E-state index contributed by atoms with van der Waals surface area (Å²) in [5.74, 6) is -3.67. The number of aliphatic carboxylic acids is 1. The van der Waals surface area contributed by atoms with Crippen LogP contribution in [0.15, 0.2) is 48.5 Å². The van der Waals surface area contributed by atoms with Gasteiger partial charge in [0.2, 0.25) is 11.9 Å². The highest BCUT2D eigenvalue weighted by Crippen LogP contribution is 2.48. The number of carbonyl (C=O) groups is 3. The summed E-state index contributed by atoms with van der Waals surface area (Å²) in [7, 11) is 0. The van der Waals surface area contributed by atoms with Crippen molar-refractivity contribution < 1.29 is 37.4 Å². The van der Waals surface area contributed by atoms with Crippen molar-refractivity contribution in [3.63, 3.8) is 0 Å². The number of rotatable bonds is 11. The highest BCUT2D eigenvalue weighted by Gasteiger charge is 2.45. The van der Waals surface area contributed by atoms with E-state index in [1.807, 2.05) is 12.1 Å². The Balaban J connectivity index is 1.30. The van der Waals surface area contributed by atoms with E-state index < -0.39 is 54.1 Å². The third-order valence-electron chi connectivity index (χ3n) is 7.63. The fraction of sp³-hybridized carbons (Fsp3) is 0.379. The standard InChI is InChI=1S/C29H30ClF3N8O5/c30-18-5-3-17(4-6-18)28(11-12-28)40-26-37-25(38-27(39-26)46-15-29(31,32)33)36-20-9-7-19(8-10-20)35-21(24(44)45)16-2-1-13-41(14-16)23(43)22(34)42/h3-10,16,21,35H,1-2,11-15H2,(H2,34,42)(H,44,45)(H2,36,37,38,39,40). The van der Waals surface area contributed by atoms with E-state index in [4.69, 9.17) is 22.1 Å². The molecule has 1 aliphatic carbocycles. The maximum atomic E-state index is 12.9. The Hall–Kier alpha value is -4.86. The van der Waals surface area contributed by atoms with Gasteiger partial charge in [0.15, 0.2) is 6.61 Å². The Morgan fingerprint density at radius 2 is 1.70 bits per heavy atom. The molecule has 46 heavy (non-hydrogen) atoms. The lowest BCUT2D eigenvalue weighted by Gasteiger charge is -2.35. The molecule has 2 aromatic carbocycles. The monoisotopic (exact) mass is 662 g/mol. The van der Waals surface area contributed by atoms with Crippen molar-refractivity contribution in [2.45, 2.75) is 43.4 Å². The normalized spacial score (nSPS) is 17.8. The van der Waals surface area contributed by atoms with Gasteiger partial charge in [-0.15, -0.1) is 0 Å². The van der Waals surface area contributed by atoms with Gasteiger partial charge >= 0.3 is 30.0 Å². The predicted octanol–water partition coefficient (Wildman–Crippen LogP) is 3.90. The zero-order chi connectivity index (χ0) is 33.1. The molecule has 2 heterocycles. The van der Waals surface area contributed by atoms with Gasteiger partial charge in [-0.1, -0.05) is 23.7 Å². The van der Waals surface area contributed by atoms with Crippen LogP contribution in [0, 0.1) is 5.92 Å². The van der Waals surface area contributed by atoms with Crippen LogP contribution in [-0.2, 0) is 19.9 Å². The number of carboxylic acids is 1. The SMILES string of the molecule is NC(=O)C(=O)N1CCCC(C(Nc2ccc(Nc3nc(NC4(c5ccc(Cl)cc5)CC4)nc(OCC(F)(F)F)n3)cc2)C(=O)O)C1. The van der Waals surface area contributed by atoms with Crippen LogP contribution in [0.25, 0.3) is 0 Å². The third-order valence-corrected chi connectivity index (χ3v) is 7.89. The second kappa shape index (κ2) is 13.2. The Labute approximate surface area is 265 Å². The van der Waals surface area contributed by atoms with Gasteiger partial charge in [-0.25, -0.2) is 4.79 Å². The summed E-state index contributed by atoms with van der Waals surface area (Å²) in [5.41, 5.74) is 6.37. The number of anilines is 4. The number of nitrogens with two attached hydrogens (primary N) is 1. The van der Waals surface area contributed by atoms with Gasteiger partial charge in [-0.2, -0.15) is 28.1 Å². The number of amides is 2. The van der Waals surface area contributed by atoms with E-state index in [0.29, 0.717) is 35.8 Å². The van der Waals surface area contributed by atoms with Crippen molar-refractivity contribution in [3.05, 3.63) is 59.1 Å². The number of aromatic nitrogens is 3. The van der Waals surface area contributed by atoms with E-state index in [9.17, 15) is 32.7 Å². The average Bonchev–Trinajstić information content (AvgIpc) is 3.79. The van der Waals surface area contributed by atoms with Crippen molar-refractivity contribution in [1.29, 1.82) is 0 Å². The molecule has 17 heteroatoms. The fourth-order valence-electron chi connectivity index (χ4n) is 5.24. The average molecular weight is 663 g/mol. The number of nitrogens with one attached hydrogen (secondary N) is 3. The number of carboxylic acid groups (broad SMARTS) is 1. The number of carbonyl (C=O) groups excluding carboxylic acids is 2. The van der Waals surface area contributed by atoms with Gasteiger partial charge in [0.1, 0.15) is 6.04 Å². The molecule has 2 aliphatic rings. The molecule has 0 radical (unpaired) electrons. The molecule has 5 rings (SSSR count). The minimum Gasteiger partial charge on any atom is -0.480 e. The number of hydrogen-bond acceptors (Lipinski definition) is 10. The number of halogens is 4. The second-order valence-electron chi connectivity index (χ2n) is 11.1. The van der Waals surface area contributed by atoms with E-state index in [0.717, 1.165) is 18.4 Å². The van der Waals surface area contributed by atoms with Crippen molar-refractivity contribution in [1.82, 2.24) is 19.9 Å². The van der Waals surface area contributed by atoms with Gasteiger partial charge < -0.3 is 36.4 Å². The number of piperidine rings is 1. The molecule has 1 saturated heterocycles. The van der Waals surface area contributed by atoms with Crippen LogP contribution in [0.4, 0.5) is 36.4 Å². The van der Waals surface area contributed by atoms with Crippen molar-refractivity contribution >= 4 is 52.7 Å². The summed E-state index contributed by atoms with van der Waals surface area (Å²) < 4.78 is 43.5. The number of primary amides is 1. The van der Waals surface area contributed by atoms with Gasteiger partial charge in [0.05, 0.1) is 5.54 Å². The van der Waals surface area contributed by atoms with E-state index in [2.05, 4.69) is 30.9 Å². The second-order valence-corrected chi connectivity index (χ2v) is 11.5. The first-order chi connectivity index (χ1) is 21.8. The Morgan fingerprint density at radius 3 is 2.30 bits per heavy atom. The van der Waals surface area contributed by atoms with Crippen LogP contribution in [-0.4, -0.2) is 74.7 Å². The van der Waals surface area contributed by atoms with Gasteiger partial charge in [-0.05, 0) is 67.6 Å². The molecular formula is C29H30ClF3N8O5. The quantitative estimate of drug-likeness (QED) is 0.188. The van der Waals surface area contributed by atoms with Crippen molar-refractivity contribution in [3.8, 4) is 6.01 Å². The lowest BCUT2D eigenvalue weighted by Crippen LogP contribution is -2.50. The molecule has 1 aliphatic heterocycles. The smallest absolute Gasteiger partial charge is 0.422 e. The summed E-state index contributed by atoms with van der Waals surface area (Å²) in [6.45, 7) is -1.23. The van der Waals surface area contributed by atoms with Crippen molar-refractivity contribution in [2.24, 2.45) is 11.7 Å². The summed E-state index contributed by atoms with van der Waals surface area (Å²) in [5, 5.41) is 19.5. The molecule has 244 valence electrons. The van der Waals surface area contributed by atoms with Crippen LogP contribution in [0.5, 0.6) is 6.01 Å². The Morgan fingerprint density at radius 1 is 1.04 bits per heavy atom. The summed E-state index contributed by atoms with van der Waals surface area (Å²) in [6, 6.07) is 11.9. The maximum absolute atomic E-state index is 12.9. The molecule has 0 spiro atoms. The molecule has 13 nitrogen and oxygen atoms in total. The first-order valence-corrected chi connectivity index (χ1v) is 14.6. The fourth-order valence-corrected chi connectivity index (χ4v) is 5.36. The maximum Gasteiger partial charge on any atom is 0.422 e. The van der Waals surface area contributed by atoms with E-state index in [-0.39, 0.29) is 18.4 Å². The lowest BCUT2D eigenvalue weighted by molar-refractivity contribution is -0.154. The zero-order valence-corrected chi connectivity index (χ0v) is 24.9. The largest absolute Gasteiger partial charge is 0.480 e. The van der Waals surface area contributed by atoms with Gasteiger partial charge in [-0.3, -0.25) is 9.59 Å². The Kier molecular flexibility index (Phi) is 9.37. The third kappa shape index (κ3) is 8.24. The van der Waals surface area contributed by atoms with Crippen LogP contribution in [0.3, 0.4) is 0 Å². The van der Waals surface area contributed by atoms with Crippen LogP contribution in [0.1, 0.15) is 31.2 Å². The first kappa shape index (κ1) is 32.5. The molecular weight excluding hydrogens is 633 g/mol. The molecule has 2 fully saturated rings. The molecule has 2 amide bonds. The molecule has 1 saturated carbocycles. The van der Waals surface area contributed by atoms with Crippen molar-refractivity contribution in [2.75, 3.05) is 35.6 Å². The highest BCUT2D eigenvalue weighted by molar-refractivity contribution is 6.34. The molecule has 0 bridgehead atoms. The molecule has 1 aromatic heterocycles. The Bertz CT molecular complexity index is 1590. The summed E-state index contributed by atoms with van der Waals surface area (Å²) in [4.78, 5) is 49.1. The number of benzene rings is 2. The minimum atomic E-state index is -4.61. The molecule has 6 N–H and O–H groups in total. The molecule has 2 unspecified atom stereocenters. The lowest BCUT2D eigenvalue weighted by atomic mass is 9.90. The predicted molar refractivity (Wildman–Crippen MR) is 161 cm³/mol. The highest BCUT2D eigenvalue weighted by atomic mass is 35.5. The topological polar surface area (TPSA) is 185 Å². The number of ether oxygens (including phenoxy) is 1. The summed E-state index contributed by atoms with van der Waals surface area (Å²) in [6.07, 6.45) is -2.13.